The van der Waals surface area contributed by atoms with Crippen LogP contribution in [0.15, 0.2) is 54.9 Å². The molecule has 3 aliphatic rings. The number of aryl methyl sites for hydroxylation is 1. The molecule has 13 heteroatoms. The van der Waals surface area contributed by atoms with E-state index >= 15 is 0 Å². The molecule has 1 N–H and O–H groups in total. The van der Waals surface area contributed by atoms with Gasteiger partial charge in [-0.25, -0.2) is 18.4 Å². The quantitative estimate of drug-likeness (QED) is 0.303. The van der Waals surface area contributed by atoms with Gasteiger partial charge in [0.25, 0.3) is 6.43 Å². The van der Waals surface area contributed by atoms with Gasteiger partial charge in [-0.1, -0.05) is 30.3 Å². The van der Waals surface area contributed by atoms with Gasteiger partial charge >= 0.3 is 6.61 Å². The number of hydrogen-bond donors (Lipinski definition) is 1. The molecule has 3 aliphatic heterocycles. The molecule has 0 spiro atoms. The molecule has 6 rings (SSSR count). The number of halogens is 4. The van der Waals surface area contributed by atoms with E-state index in [1.54, 1.807) is 18.3 Å². The molecule has 0 bridgehead atoms. The third kappa shape index (κ3) is 4.48. The average Bonchev–Trinajstić information content (AvgIpc) is 3.56. The topological polar surface area (TPSA) is 92.2 Å². The summed E-state index contributed by atoms with van der Waals surface area (Å²) in [5.41, 5.74) is 1.26. The van der Waals surface area contributed by atoms with E-state index < -0.39 is 24.8 Å². The third-order valence-corrected chi connectivity index (χ3v) is 6.40. The number of aliphatic hydroxyl groups is 1. The molecule has 1 atom stereocenters. The van der Waals surface area contributed by atoms with Crippen molar-refractivity contribution < 1.29 is 32.1 Å². The highest BCUT2D eigenvalue weighted by Gasteiger charge is 2.36. The molecular weight excluding hydrogens is 520 g/mol. The first-order valence-corrected chi connectivity index (χ1v) is 12.0. The summed E-state index contributed by atoms with van der Waals surface area (Å²) in [5, 5.41) is 18.1. The maximum atomic E-state index is 14.3. The number of nitrogens with zero attached hydrogens (tertiary/aromatic N) is 6. The fourth-order valence-electron chi connectivity index (χ4n) is 4.86. The Morgan fingerprint density at radius 1 is 1.05 bits per heavy atom. The smallest absolute Gasteiger partial charge is 0.388 e. The van der Waals surface area contributed by atoms with Gasteiger partial charge in [0.1, 0.15) is 24.2 Å². The van der Waals surface area contributed by atoms with Crippen molar-refractivity contribution in [2.75, 3.05) is 6.61 Å². The summed E-state index contributed by atoms with van der Waals surface area (Å²) < 4.78 is 70.0. The van der Waals surface area contributed by atoms with Crippen molar-refractivity contribution >= 4 is 0 Å². The molecule has 0 fully saturated rings. The number of hydrogen-bond acceptors (Lipinski definition) is 6. The fraction of sp³-hybridized carbons (Fsp3) is 0.269. The first kappa shape index (κ1) is 24.9. The van der Waals surface area contributed by atoms with Crippen LogP contribution in [0, 0.1) is 0 Å². The predicted octanol–water partition coefficient (Wildman–Crippen LogP) is 4.59. The van der Waals surface area contributed by atoms with E-state index in [1.807, 2.05) is 34.9 Å². The molecule has 0 saturated heterocycles. The number of pyridine rings is 1. The lowest BCUT2D eigenvalue weighted by molar-refractivity contribution is -0.0527. The van der Waals surface area contributed by atoms with Crippen LogP contribution < -0.4 is 9.47 Å². The SMILES string of the molecule is Cn1cc(-c2c3cccn(Cc4ccccc4)c-3nc2-c2c(C(F)F)nn3c2OC[C@@H](O)C3)c(OC(F)F)n1. The molecule has 3 aromatic rings. The molecular formula is C26H22F4N6O3. The molecule has 39 heavy (non-hydrogen) atoms. The Hall–Kier alpha value is -4.39. The fourth-order valence-corrected chi connectivity index (χ4v) is 4.86. The van der Waals surface area contributed by atoms with E-state index in [-0.39, 0.29) is 47.3 Å². The van der Waals surface area contributed by atoms with Crippen LogP contribution in [-0.4, -0.2) is 53.5 Å². The molecule has 0 amide bonds. The summed E-state index contributed by atoms with van der Waals surface area (Å²) in [4.78, 5) is 4.78. The lowest BCUT2D eigenvalue weighted by Gasteiger charge is -2.20. The van der Waals surface area contributed by atoms with Gasteiger partial charge in [0, 0.05) is 37.1 Å². The van der Waals surface area contributed by atoms with Gasteiger partial charge in [0.2, 0.25) is 11.8 Å². The van der Waals surface area contributed by atoms with Crippen LogP contribution in [0.3, 0.4) is 0 Å². The van der Waals surface area contributed by atoms with Gasteiger partial charge in [-0.15, -0.1) is 5.10 Å². The number of aliphatic hydroxyl groups excluding tert-OH is 1. The second-order valence-electron chi connectivity index (χ2n) is 9.11. The first-order valence-electron chi connectivity index (χ1n) is 12.0. The Kier molecular flexibility index (Phi) is 6.22. The lowest BCUT2D eigenvalue weighted by atomic mass is 9.98. The highest BCUT2D eigenvalue weighted by Crippen LogP contribution is 2.49. The summed E-state index contributed by atoms with van der Waals surface area (Å²) >= 11 is 0. The Bertz CT molecular complexity index is 1600. The highest BCUT2D eigenvalue weighted by atomic mass is 19.3. The molecule has 1 aromatic carbocycles. The Labute approximate surface area is 219 Å². The van der Waals surface area contributed by atoms with E-state index in [0.717, 1.165) is 5.56 Å². The minimum Gasteiger partial charge on any atom is -0.475 e. The summed E-state index contributed by atoms with van der Waals surface area (Å²) in [5.74, 6) is 0.0567. The number of aromatic nitrogens is 6. The largest absolute Gasteiger partial charge is 0.475 e. The van der Waals surface area contributed by atoms with Crippen LogP contribution in [0.2, 0.25) is 0 Å². The normalized spacial score (nSPS) is 15.2. The summed E-state index contributed by atoms with van der Waals surface area (Å²) in [6.45, 7) is -2.93. The standard InChI is InChI=1S/C26H22F4N6O3/c1-34-12-17(24(33-34)39-26(29)30)18-16-8-5-9-35(10-14-6-3-2-4-7-14)23(16)31-20(18)19-21(22(27)28)32-36-11-15(37)13-38-25(19)36/h2-9,12,15,22,26,37H,10-11,13H2,1H3/t15-/m0/s1. The van der Waals surface area contributed by atoms with Crippen LogP contribution in [0.25, 0.3) is 33.8 Å². The Balaban J connectivity index is 1.63. The number of alkyl halides is 4. The summed E-state index contributed by atoms with van der Waals surface area (Å²) in [7, 11) is 1.53. The van der Waals surface area contributed by atoms with Crippen molar-refractivity contribution in [1.29, 1.82) is 0 Å². The summed E-state index contributed by atoms with van der Waals surface area (Å²) in [6.07, 6.45) is -0.674. The molecule has 2 aromatic heterocycles. The van der Waals surface area contributed by atoms with E-state index in [4.69, 9.17) is 14.5 Å². The van der Waals surface area contributed by atoms with E-state index in [1.165, 1.54) is 22.6 Å². The van der Waals surface area contributed by atoms with E-state index in [9.17, 15) is 22.7 Å². The number of ether oxygens (including phenoxy) is 2. The molecule has 0 saturated carbocycles. The molecule has 9 nitrogen and oxygen atoms in total. The predicted molar refractivity (Wildman–Crippen MR) is 131 cm³/mol. The van der Waals surface area contributed by atoms with Gasteiger partial charge < -0.3 is 19.1 Å². The van der Waals surface area contributed by atoms with E-state index in [2.05, 4.69) is 10.2 Å². The first-order chi connectivity index (χ1) is 18.8. The number of fused-ring (bicyclic) bond motifs is 2. The average molecular weight is 542 g/mol. The zero-order valence-electron chi connectivity index (χ0n) is 20.5. The van der Waals surface area contributed by atoms with Crippen molar-refractivity contribution in [1.82, 2.24) is 29.1 Å². The van der Waals surface area contributed by atoms with Crippen molar-refractivity contribution in [3.63, 3.8) is 0 Å². The van der Waals surface area contributed by atoms with Gasteiger partial charge in [-0.2, -0.15) is 13.9 Å². The molecule has 0 unspecified atom stereocenters. The Morgan fingerprint density at radius 2 is 1.85 bits per heavy atom. The number of benzene rings is 1. The molecule has 202 valence electrons. The minimum atomic E-state index is -3.16. The van der Waals surface area contributed by atoms with Crippen LogP contribution in [0.1, 0.15) is 17.7 Å². The highest BCUT2D eigenvalue weighted by molar-refractivity contribution is 5.97. The second kappa shape index (κ2) is 9.73. The monoisotopic (exact) mass is 542 g/mol. The maximum Gasteiger partial charge on any atom is 0.388 e. The zero-order valence-corrected chi connectivity index (χ0v) is 20.5. The zero-order chi connectivity index (χ0) is 27.3. The van der Waals surface area contributed by atoms with Gasteiger partial charge in [0.05, 0.1) is 23.4 Å². The van der Waals surface area contributed by atoms with Crippen molar-refractivity contribution in [2.45, 2.75) is 32.2 Å². The molecule has 0 aliphatic carbocycles. The van der Waals surface area contributed by atoms with Crippen LogP contribution >= 0.6 is 0 Å². The van der Waals surface area contributed by atoms with Crippen molar-refractivity contribution in [3.05, 3.63) is 66.1 Å². The van der Waals surface area contributed by atoms with Crippen LogP contribution in [0.5, 0.6) is 11.8 Å². The van der Waals surface area contributed by atoms with Crippen molar-refractivity contribution in [3.8, 4) is 45.5 Å². The lowest BCUT2D eigenvalue weighted by Crippen LogP contribution is -2.30. The van der Waals surface area contributed by atoms with Gasteiger partial charge in [-0.05, 0) is 17.7 Å². The van der Waals surface area contributed by atoms with Crippen molar-refractivity contribution in [2.24, 2.45) is 7.05 Å². The maximum absolute atomic E-state index is 14.3. The number of rotatable bonds is 7. The van der Waals surface area contributed by atoms with Gasteiger partial charge in [0.15, 0.2) is 0 Å². The molecule has 5 heterocycles. The van der Waals surface area contributed by atoms with Crippen LogP contribution in [0.4, 0.5) is 17.6 Å². The Morgan fingerprint density at radius 3 is 2.59 bits per heavy atom. The summed E-state index contributed by atoms with van der Waals surface area (Å²) in [6, 6.07) is 13.1. The second-order valence-corrected chi connectivity index (χ2v) is 9.11. The molecule has 0 radical (unpaired) electrons. The van der Waals surface area contributed by atoms with E-state index in [0.29, 0.717) is 17.9 Å². The minimum absolute atomic E-state index is 0.00878. The van der Waals surface area contributed by atoms with Crippen LogP contribution in [-0.2, 0) is 20.1 Å². The third-order valence-electron chi connectivity index (χ3n) is 6.40. The van der Waals surface area contributed by atoms with Gasteiger partial charge in [-0.3, -0.25) is 4.68 Å².